The van der Waals surface area contributed by atoms with Crippen molar-refractivity contribution in [3.8, 4) is 0 Å². The molecule has 2 saturated heterocycles. The van der Waals surface area contributed by atoms with Crippen molar-refractivity contribution in [2.45, 2.75) is 46.0 Å². The summed E-state index contributed by atoms with van der Waals surface area (Å²) in [5.74, 6) is 0.596. The van der Waals surface area contributed by atoms with Crippen LogP contribution < -0.4 is 5.32 Å². The zero-order chi connectivity index (χ0) is 19.4. The maximum atomic E-state index is 12.9. The van der Waals surface area contributed by atoms with Gasteiger partial charge in [-0.3, -0.25) is 9.59 Å². The van der Waals surface area contributed by atoms with Crippen LogP contribution >= 0.6 is 0 Å². The van der Waals surface area contributed by atoms with Crippen LogP contribution in [0.5, 0.6) is 0 Å². The summed E-state index contributed by atoms with van der Waals surface area (Å²) in [6, 6.07) is 0. The molecule has 0 saturated carbocycles. The summed E-state index contributed by atoms with van der Waals surface area (Å²) in [5.41, 5.74) is 0.675. The molecule has 2 fully saturated rings. The molecule has 1 atom stereocenters. The standard InChI is InChI=1S/C19H31N5O3/c1-14-16(22-27-21-14)11-17(25)24-8-4-7-19(2,13-24)18(26)20-12-15-5-9-23(3)10-6-15/h15H,4-13H2,1-3H3,(H,20,26). The van der Waals surface area contributed by atoms with Crippen LogP contribution in [-0.2, 0) is 16.0 Å². The largest absolute Gasteiger partial charge is 0.355 e. The third-order valence-electron chi connectivity index (χ3n) is 6.05. The normalized spacial score (nSPS) is 24.8. The number of hydrogen-bond donors (Lipinski definition) is 1. The first-order chi connectivity index (χ1) is 12.9. The summed E-state index contributed by atoms with van der Waals surface area (Å²) in [5, 5.41) is 10.7. The lowest BCUT2D eigenvalue weighted by atomic mass is 9.80. The highest BCUT2D eigenvalue weighted by Gasteiger charge is 2.39. The van der Waals surface area contributed by atoms with Crippen LogP contribution in [0, 0.1) is 18.3 Å². The van der Waals surface area contributed by atoms with E-state index in [9.17, 15) is 9.59 Å². The zero-order valence-corrected chi connectivity index (χ0v) is 16.7. The van der Waals surface area contributed by atoms with Crippen LogP contribution in [0.2, 0.25) is 0 Å². The second-order valence-electron chi connectivity index (χ2n) is 8.41. The molecule has 1 N–H and O–H groups in total. The van der Waals surface area contributed by atoms with E-state index in [0.717, 1.165) is 45.3 Å². The fourth-order valence-electron chi connectivity index (χ4n) is 4.02. The molecule has 3 heterocycles. The van der Waals surface area contributed by atoms with Crippen LogP contribution in [0.4, 0.5) is 0 Å². The Bertz CT molecular complexity index is 668. The highest BCUT2D eigenvalue weighted by atomic mass is 16.6. The third kappa shape index (κ3) is 4.86. The molecule has 1 unspecified atom stereocenters. The van der Waals surface area contributed by atoms with Crippen molar-refractivity contribution < 1.29 is 14.2 Å². The van der Waals surface area contributed by atoms with E-state index in [1.807, 2.05) is 6.92 Å². The van der Waals surface area contributed by atoms with E-state index in [1.54, 1.807) is 11.8 Å². The van der Waals surface area contributed by atoms with Gasteiger partial charge in [0.1, 0.15) is 11.4 Å². The van der Waals surface area contributed by atoms with Gasteiger partial charge in [0, 0.05) is 19.6 Å². The molecule has 27 heavy (non-hydrogen) atoms. The van der Waals surface area contributed by atoms with Crippen molar-refractivity contribution in [1.82, 2.24) is 25.4 Å². The number of likely N-dealkylation sites (tertiary alicyclic amines) is 2. The van der Waals surface area contributed by atoms with E-state index in [0.29, 0.717) is 30.4 Å². The van der Waals surface area contributed by atoms with Crippen molar-refractivity contribution in [2.24, 2.45) is 11.3 Å². The van der Waals surface area contributed by atoms with Gasteiger partial charge in [-0.2, -0.15) is 0 Å². The summed E-state index contributed by atoms with van der Waals surface area (Å²) < 4.78 is 4.67. The Morgan fingerprint density at radius 2 is 2.00 bits per heavy atom. The highest BCUT2D eigenvalue weighted by molar-refractivity contribution is 5.84. The SMILES string of the molecule is Cc1nonc1CC(=O)N1CCCC(C)(C(=O)NCC2CCN(C)CC2)C1. The van der Waals surface area contributed by atoms with Crippen molar-refractivity contribution in [3.05, 3.63) is 11.4 Å². The van der Waals surface area contributed by atoms with Crippen molar-refractivity contribution in [1.29, 1.82) is 0 Å². The number of piperidine rings is 2. The number of carbonyl (C=O) groups excluding carboxylic acids is 2. The van der Waals surface area contributed by atoms with Gasteiger partial charge in [0.15, 0.2) is 0 Å². The Hall–Kier alpha value is -1.96. The molecular weight excluding hydrogens is 346 g/mol. The smallest absolute Gasteiger partial charge is 0.228 e. The Labute approximate surface area is 160 Å². The molecule has 1 aromatic heterocycles. The maximum absolute atomic E-state index is 12.9. The van der Waals surface area contributed by atoms with Crippen LogP contribution in [0.25, 0.3) is 0 Å². The summed E-state index contributed by atoms with van der Waals surface area (Å²) >= 11 is 0. The monoisotopic (exact) mass is 377 g/mol. The van der Waals surface area contributed by atoms with Gasteiger partial charge in [0.25, 0.3) is 0 Å². The first kappa shape index (κ1) is 19.8. The van der Waals surface area contributed by atoms with Crippen LogP contribution in [0.1, 0.15) is 44.0 Å². The average Bonchev–Trinajstić information content (AvgIpc) is 3.05. The molecule has 3 rings (SSSR count). The minimum absolute atomic E-state index is 0.0251. The summed E-state index contributed by atoms with van der Waals surface area (Å²) in [6.07, 6.45) is 4.06. The van der Waals surface area contributed by atoms with Crippen molar-refractivity contribution in [2.75, 3.05) is 39.8 Å². The number of aryl methyl sites for hydroxylation is 1. The quantitative estimate of drug-likeness (QED) is 0.823. The first-order valence-corrected chi connectivity index (χ1v) is 9.90. The van der Waals surface area contributed by atoms with Crippen LogP contribution in [0.3, 0.4) is 0 Å². The van der Waals surface area contributed by atoms with Crippen molar-refractivity contribution >= 4 is 11.8 Å². The average molecular weight is 377 g/mol. The van der Waals surface area contributed by atoms with Gasteiger partial charge in [-0.05, 0) is 65.6 Å². The van der Waals surface area contributed by atoms with E-state index >= 15 is 0 Å². The predicted molar refractivity (Wildman–Crippen MR) is 99.9 cm³/mol. The van der Waals surface area contributed by atoms with E-state index in [2.05, 4.69) is 32.2 Å². The third-order valence-corrected chi connectivity index (χ3v) is 6.05. The minimum atomic E-state index is -0.531. The van der Waals surface area contributed by atoms with Gasteiger partial charge in [-0.1, -0.05) is 10.3 Å². The molecule has 0 aromatic carbocycles. The Balaban J connectivity index is 1.52. The first-order valence-electron chi connectivity index (χ1n) is 9.90. The molecular formula is C19H31N5O3. The lowest BCUT2D eigenvalue weighted by Gasteiger charge is -2.39. The predicted octanol–water partition coefficient (Wildman–Crippen LogP) is 1.01. The van der Waals surface area contributed by atoms with E-state index < -0.39 is 5.41 Å². The number of nitrogens with zero attached hydrogens (tertiary/aromatic N) is 4. The van der Waals surface area contributed by atoms with Gasteiger partial charge in [-0.15, -0.1) is 0 Å². The summed E-state index contributed by atoms with van der Waals surface area (Å²) in [4.78, 5) is 29.6. The van der Waals surface area contributed by atoms with Gasteiger partial charge < -0.3 is 15.1 Å². The Morgan fingerprint density at radius 3 is 2.67 bits per heavy atom. The maximum Gasteiger partial charge on any atom is 0.228 e. The van der Waals surface area contributed by atoms with E-state index in [4.69, 9.17) is 0 Å². The number of hydrogen-bond acceptors (Lipinski definition) is 6. The molecule has 2 aliphatic heterocycles. The molecule has 2 amide bonds. The molecule has 8 heteroatoms. The zero-order valence-electron chi connectivity index (χ0n) is 16.7. The summed E-state index contributed by atoms with van der Waals surface area (Å²) in [7, 11) is 2.14. The lowest BCUT2D eigenvalue weighted by molar-refractivity contribution is -0.140. The molecule has 1 aromatic rings. The van der Waals surface area contributed by atoms with Gasteiger partial charge in [0.05, 0.1) is 11.8 Å². The highest BCUT2D eigenvalue weighted by Crippen LogP contribution is 2.30. The van der Waals surface area contributed by atoms with Gasteiger partial charge in [-0.25, -0.2) is 4.63 Å². The molecule has 8 nitrogen and oxygen atoms in total. The van der Waals surface area contributed by atoms with Gasteiger partial charge >= 0.3 is 0 Å². The number of carbonyl (C=O) groups is 2. The lowest BCUT2D eigenvalue weighted by Crippen LogP contribution is -2.53. The summed E-state index contributed by atoms with van der Waals surface area (Å²) in [6.45, 7) is 7.80. The number of amides is 2. The second kappa shape index (κ2) is 8.37. The molecule has 0 bridgehead atoms. The fraction of sp³-hybridized carbons (Fsp3) is 0.789. The Kier molecular flexibility index (Phi) is 6.14. The second-order valence-corrected chi connectivity index (χ2v) is 8.41. The number of aromatic nitrogens is 2. The van der Waals surface area contributed by atoms with Crippen molar-refractivity contribution in [3.63, 3.8) is 0 Å². The molecule has 2 aliphatic rings. The topological polar surface area (TPSA) is 91.6 Å². The van der Waals surface area contributed by atoms with E-state index in [-0.39, 0.29) is 18.2 Å². The number of rotatable bonds is 5. The van der Waals surface area contributed by atoms with Crippen LogP contribution in [-0.4, -0.2) is 71.7 Å². The molecule has 0 radical (unpaired) electrons. The molecule has 0 aliphatic carbocycles. The fourth-order valence-corrected chi connectivity index (χ4v) is 4.02. The van der Waals surface area contributed by atoms with Gasteiger partial charge in [0.2, 0.25) is 11.8 Å². The number of nitrogens with one attached hydrogen (secondary N) is 1. The van der Waals surface area contributed by atoms with E-state index in [1.165, 1.54) is 0 Å². The molecule has 0 spiro atoms. The van der Waals surface area contributed by atoms with Crippen LogP contribution in [0.15, 0.2) is 4.63 Å². The molecule has 150 valence electrons. The minimum Gasteiger partial charge on any atom is -0.355 e. The Morgan fingerprint density at radius 1 is 1.26 bits per heavy atom.